The van der Waals surface area contributed by atoms with E-state index in [1.165, 1.54) is 28.5 Å². The molecule has 2 aromatic carbocycles. The second-order valence-electron chi connectivity index (χ2n) is 6.77. The van der Waals surface area contributed by atoms with Crippen LogP contribution in [0.25, 0.3) is 11.3 Å². The third-order valence-corrected chi connectivity index (χ3v) is 5.49. The fourth-order valence-corrected chi connectivity index (χ4v) is 3.57. The fourth-order valence-electron chi connectivity index (χ4n) is 2.95. The van der Waals surface area contributed by atoms with Gasteiger partial charge in [-0.15, -0.1) is 10.2 Å². The number of amides is 1. The van der Waals surface area contributed by atoms with Crippen molar-refractivity contribution in [2.45, 2.75) is 32.7 Å². The molecule has 150 valence electrons. The fraction of sp³-hybridized carbons (Fsp3) is 0.261. The Morgan fingerprint density at radius 1 is 1.00 bits per heavy atom. The first-order valence-corrected chi connectivity index (χ1v) is 10.5. The van der Waals surface area contributed by atoms with Crippen LogP contribution in [0.4, 0.5) is 5.69 Å². The highest BCUT2D eigenvalue weighted by molar-refractivity contribution is 7.99. The van der Waals surface area contributed by atoms with Gasteiger partial charge in [-0.25, -0.2) is 0 Å². The van der Waals surface area contributed by atoms with Gasteiger partial charge in [-0.1, -0.05) is 30.0 Å². The first kappa shape index (κ1) is 20.9. The van der Waals surface area contributed by atoms with Gasteiger partial charge in [0.2, 0.25) is 5.91 Å². The van der Waals surface area contributed by atoms with E-state index in [1.54, 1.807) is 0 Å². The van der Waals surface area contributed by atoms with Crippen molar-refractivity contribution in [3.63, 3.8) is 0 Å². The van der Waals surface area contributed by atoms with Crippen molar-refractivity contribution in [2.75, 3.05) is 17.7 Å². The molecule has 0 aliphatic rings. The van der Waals surface area contributed by atoms with Gasteiger partial charge < -0.3 is 10.1 Å². The zero-order chi connectivity index (χ0) is 20.8. The smallest absolute Gasteiger partial charge is 0.234 e. The molecule has 0 saturated heterocycles. The molecular weight excluding hydrogens is 382 g/mol. The van der Waals surface area contributed by atoms with Gasteiger partial charge in [0.25, 0.3) is 0 Å². The summed E-state index contributed by atoms with van der Waals surface area (Å²) in [6.07, 6.45) is 0. The molecule has 0 bridgehead atoms. The summed E-state index contributed by atoms with van der Waals surface area (Å²) in [6.45, 7) is 8.74. The second-order valence-corrected chi connectivity index (χ2v) is 7.77. The quantitative estimate of drug-likeness (QED) is 0.546. The number of thioether (sulfide) groups is 1. The number of hydrogen-bond acceptors (Lipinski definition) is 5. The average Bonchev–Trinajstić information content (AvgIpc) is 2.71. The first-order chi connectivity index (χ1) is 14.0. The zero-order valence-electron chi connectivity index (χ0n) is 17.2. The minimum absolute atomic E-state index is 0.113. The third-order valence-electron chi connectivity index (χ3n) is 4.57. The van der Waals surface area contributed by atoms with E-state index in [2.05, 4.69) is 48.4 Å². The van der Waals surface area contributed by atoms with Crippen LogP contribution in [0, 0.1) is 20.8 Å². The van der Waals surface area contributed by atoms with Gasteiger partial charge in [0.15, 0.2) is 0 Å². The molecule has 29 heavy (non-hydrogen) atoms. The summed E-state index contributed by atoms with van der Waals surface area (Å²) >= 11 is 1.35. The predicted molar refractivity (Wildman–Crippen MR) is 119 cm³/mol. The minimum atomic E-state index is -0.113. The lowest BCUT2D eigenvalue weighted by atomic mass is 9.99. The van der Waals surface area contributed by atoms with E-state index in [4.69, 9.17) is 4.74 Å². The van der Waals surface area contributed by atoms with Gasteiger partial charge in [-0.3, -0.25) is 4.79 Å². The van der Waals surface area contributed by atoms with Gasteiger partial charge in [0, 0.05) is 5.56 Å². The normalized spacial score (nSPS) is 10.6. The Hall–Kier alpha value is -2.86. The molecule has 1 aromatic heterocycles. The van der Waals surface area contributed by atoms with E-state index < -0.39 is 0 Å². The minimum Gasteiger partial charge on any atom is -0.492 e. The molecule has 0 spiro atoms. The molecular formula is C23H25N3O2S. The number of anilines is 1. The summed E-state index contributed by atoms with van der Waals surface area (Å²) < 4.78 is 5.54. The van der Waals surface area contributed by atoms with Crippen molar-refractivity contribution in [3.05, 3.63) is 65.2 Å². The molecule has 0 aliphatic heterocycles. The van der Waals surface area contributed by atoms with Crippen LogP contribution in [0.1, 0.15) is 23.6 Å². The summed E-state index contributed by atoms with van der Waals surface area (Å²) in [7, 11) is 0. The molecule has 0 atom stereocenters. The van der Waals surface area contributed by atoms with Crippen LogP contribution < -0.4 is 10.1 Å². The summed E-state index contributed by atoms with van der Waals surface area (Å²) in [4.78, 5) is 12.3. The average molecular weight is 408 g/mol. The Kier molecular flexibility index (Phi) is 6.88. The summed E-state index contributed by atoms with van der Waals surface area (Å²) in [5.41, 5.74) is 6.27. The maximum atomic E-state index is 12.3. The molecule has 1 amide bonds. The van der Waals surface area contributed by atoms with E-state index in [-0.39, 0.29) is 11.7 Å². The molecule has 1 heterocycles. The molecule has 6 heteroatoms. The Morgan fingerprint density at radius 2 is 1.76 bits per heavy atom. The standard InChI is InChI=1S/C23H25N3O2S/c1-5-28-21-9-7-6-8-20(21)24-22(27)14-29-23-11-10-19(25-26-23)18-13-16(3)15(2)12-17(18)4/h6-13H,5,14H2,1-4H3,(H,24,27). The SMILES string of the molecule is CCOc1ccccc1NC(=O)CSc1ccc(-c2cc(C)c(C)cc2C)nn1. The van der Waals surface area contributed by atoms with Crippen molar-refractivity contribution in [2.24, 2.45) is 0 Å². The van der Waals surface area contributed by atoms with Crippen LogP contribution in [-0.2, 0) is 4.79 Å². The number of carbonyl (C=O) groups is 1. The number of ether oxygens (including phenoxy) is 1. The Morgan fingerprint density at radius 3 is 2.48 bits per heavy atom. The molecule has 0 fully saturated rings. The predicted octanol–water partition coefficient (Wildman–Crippen LogP) is 5.20. The zero-order valence-corrected chi connectivity index (χ0v) is 18.0. The molecule has 3 rings (SSSR count). The van der Waals surface area contributed by atoms with Crippen LogP contribution in [-0.4, -0.2) is 28.5 Å². The Bertz CT molecular complexity index is 1000. The van der Waals surface area contributed by atoms with Crippen molar-refractivity contribution in [1.29, 1.82) is 0 Å². The van der Waals surface area contributed by atoms with E-state index >= 15 is 0 Å². The van der Waals surface area contributed by atoms with Crippen LogP contribution in [0.15, 0.2) is 53.6 Å². The maximum absolute atomic E-state index is 12.3. The van der Waals surface area contributed by atoms with E-state index in [0.717, 1.165) is 11.3 Å². The number of nitrogens with one attached hydrogen (secondary N) is 1. The molecule has 0 unspecified atom stereocenters. The lowest BCUT2D eigenvalue weighted by Gasteiger charge is -2.11. The van der Waals surface area contributed by atoms with Gasteiger partial charge in [0.05, 0.1) is 23.7 Å². The molecule has 3 aromatic rings. The largest absolute Gasteiger partial charge is 0.492 e. The van der Waals surface area contributed by atoms with Crippen LogP contribution in [0.5, 0.6) is 5.75 Å². The number of rotatable bonds is 7. The number of nitrogens with zero attached hydrogens (tertiary/aromatic N) is 2. The van der Waals surface area contributed by atoms with Crippen LogP contribution in [0.2, 0.25) is 0 Å². The van der Waals surface area contributed by atoms with E-state index in [0.29, 0.717) is 23.1 Å². The van der Waals surface area contributed by atoms with Crippen molar-refractivity contribution in [3.8, 4) is 17.0 Å². The number of aromatic nitrogens is 2. The van der Waals surface area contributed by atoms with Crippen molar-refractivity contribution in [1.82, 2.24) is 10.2 Å². The first-order valence-electron chi connectivity index (χ1n) is 9.54. The highest BCUT2D eigenvalue weighted by Crippen LogP contribution is 2.27. The number of carbonyl (C=O) groups excluding carboxylic acids is 1. The number of hydrogen-bond donors (Lipinski definition) is 1. The third kappa shape index (κ3) is 5.35. The van der Waals surface area contributed by atoms with Gasteiger partial charge in [0.1, 0.15) is 10.8 Å². The lowest BCUT2D eigenvalue weighted by Crippen LogP contribution is -2.15. The van der Waals surface area contributed by atoms with Crippen LogP contribution in [0.3, 0.4) is 0 Å². The van der Waals surface area contributed by atoms with E-state index in [1.807, 2.05) is 43.3 Å². The lowest BCUT2D eigenvalue weighted by molar-refractivity contribution is -0.113. The summed E-state index contributed by atoms with van der Waals surface area (Å²) in [5.74, 6) is 0.802. The van der Waals surface area contributed by atoms with Crippen molar-refractivity contribution < 1.29 is 9.53 Å². The van der Waals surface area contributed by atoms with Gasteiger partial charge in [-0.05, 0) is 74.7 Å². The van der Waals surface area contributed by atoms with Gasteiger partial charge in [-0.2, -0.15) is 0 Å². The van der Waals surface area contributed by atoms with E-state index in [9.17, 15) is 4.79 Å². The monoisotopic (exact) mass is 407 g/mol. The topological polar surface area (TPSA) is 64.1 Å². The molecule has 0 aliphatic carbocycles. The summed E-state index contributed by atoms with van der Waals surface area (Å²) in [6, 6.07) is 15.6. The Labute approximate surface area is 175 Å². The number of benzene rings is 2. The Balaban J connectivity index is 1.62. The molecule has 0 radical (unpaired) electrons. The second kappa shape index (κ2) is 9.56. The molecule has 0 saturated carbocycles. The molecule has 5 nitrogen and oxygen atoms in total. The molecule has 1 N–H and O–H groups in total. The highest BCUT2D eigenvalue weighted by atomic mass is 32.2. The number of aryl methyl sites for hydroxylation is 3. The summed E-state index contributed by atoms with van der Waals surface area (Å²) in [5, 5.41) is 12.2. The van der Waals surface area contributed by atoms with Crippen molar-refractivity contribution >= 4 is 23.4 Å². The van der Waals surface area contributed by atoms with Gasteiger partial charge >= 0.3 is 0 Å². The number of para-hydroxylation sites is 2. The maximum Gasteiger partial charge on any atom is 0.234 e. The van der Waals surface area contributed by atoms with Crippen LogP contribution >= 0.6 is 11.8 Å². The highest BCUT2D eigenvalue weighted by Gasteiger charge is 2.10.